The molecule has 0 aromatic heterocycles. The molecular weight excluding hydrogens is 521 g/mol. The molecule has 39 heavy (non-hydrogen) atoms. The molecule has 3 N–H and O–H groups in total. The number of aliphatic hydroxyl groups excluding tert-OH is 1. The minimum Gasteiger partial charge on any atom is -0.481 e. The number of phosphoric ester groups is 1. The zero-order chi connectivity index (χ0) is 29.6. The standard InChI is InChI=1S/C29H60NO8P/c1-6-7-8-9-10-11-12-13-14-15-16-17-20-26(2)29(27(25-31)36-23-19-18-21-28(32)33)38-39(34,35)37-24-22-30(3,4)5/h26-27,29,31H,6-25H2,1-5H3,(H-,32,33,34,35)/p+1/t26?,27-,29+/m0/s1. The molecule has 0 fully saturated rings. The Labute approximate surface area is 238 Å². The lowest BCUT2D eigenvalue weighted by molar-refractivity contribution is -0.870. The van der Waals surface area contributed by atoms with Crippen molar-refractivity contribution in [1.29, 1.82) is 0 Å². The van der Waals surface area contributed by atoms with Crippen LogP contribution >= 0.6 is 7.82 Å². The second-order valence-electron chi connectivity index (χ2n) is 12.0. The van der Waals surface area contributed by atoms with Gasteiger partial charge in [-0.25, -0.2) is 4.57 Å². The summed E-state index contributed by atoms with van der Waals surface area (Å²) in [4.78, 5) is 21.2. The molecular formula is C29H61NO8P+. The number of ether oxygens (including phenoxy) is 1. The summed E-state index contributed by atoms with van der Waals surface area (Å²) in [5, 5.41) is 18.8. The van der Waals surface area contributed by atoms with Crippen molar-refractivity contribution in [2.45, 2.75) is 129 Å². The molecule has 234 valence electrons. The van der Waals surface area contributed by atoms with Crippen molar-refractivity contribution in [2.24, 2.45) is 5.92 Å². The summed E-state index contributed by atoms with van der Waals surface area (Å²) >= 11 is 0. The van der Waals surface area contributed by atoms with Crippen LogP contribution in [0.1, 0.15) is 117 Å². The van der Waals surface area contributed by atoms with Gasteiger partial charge in [0, 0.05) is 13.0 Å². The lowest BCUT2D eigenvalue weighted by atomic mass is 9.93. The molecule has 0 aliphatic carbocycles. The zero-order valence-corrected chi connectivity index (χ0v) is 26.5. The number of hydrogen-bond donors (Lipinski definition) is 3. The highest BCUT2D eigenvalue weighted by molar-refractivity contribution is 7.47. The number of quaternary nitrogens is 1. The van der Waals surface area contributed by atoms with Crippen LogP contribution in [-0.2, 0) is 23.1 Å². The van der Waals surface area contributed by atoms with Gasteiger partial charge in [0.25, 0.3) is 0 Å². The molecule has 0 aliphatic heterocycles. The van der Waals surface area contributed by atoms with E-state index in [1.54, 1.807) is 0 Å². The van der Waals surface area contributed by atoms with Crippen molar-refractivity contribution in [1.82, 2.24) is 0 Å². The fourth-order valence-corrected chi connectivity index (χ4v) is 5.51. The molecule has 0 aliphatic rings. The van der Waals surface area contributed by atoms with Gasteiger partial charge in [-0.3, -0.25) is 13.8 Å². The van der Waals surface area contributed by atoms with Crippen LogP contribution in [-0.4, -0.2) is 85.3 Å². The Morgan fingerprint density at radius 1 is 0.846 bits per heavy atom. The molecule has 0 radical (unpaired) electrons. The Hall–Kier alpha value is -0.540. The van der Waals surface area contributed by atoms with Gasteiger partial charge in [-0.15, -0.1) is 0 Å². The zero-order valence-electron chi connectivity index (χ0n) is 25.7. The second kappa shape index (κ2) is 23.1. The lowest BCUT2D eigenvalue weighted by Gasteiger charge is -2.32. The number of likely N-dealkylation sites (N-methyl/N-ethyl adjacent to an activating group) is 1. The van der Waals surface area contributed by atoms with Crippen LogP contribution in [0.5, 0.6) is 0 Å². The summed E-state index contributed by atoms with van der Waals surface area (Å²) in [5.41, 5.74) is 0. The molecule has 0 heterocycles. The van der Waals surface area contributed by atoms with Crippen LogP contribution in [0.4, 0.5) is 0 Å². The van der Waals surface area contributed by atoms with Gasteiger partial charge in [0.1, 0.15) is 25.4 Å². The first-order valence-corrected chi connectivity index (χ1v) is 16.8. The Kier molecular flexibility index (Phi) is 22.8. The first-order chi connectivity index (χ1) is 18.4. The maximum Gasteiger partial charge on any atom is 0.472 e. The quantitative estimate of drug-likeness (QED) is 0.0539. The van der Waals surface area contributed by atoms with Crippen LogP contribution in [0, 0.1) is 5.92 Å². The van der Waals surface area contributed by atoms with E-state index >= 15 is 0 Å². The number of unbranched alkanes of at least 4 members (excludes halogenated alkanes) is 12. The second-order valence-corrected chi connectivity index (χ2v) is 13.4. The SMILES string of the molecule is CCCCCCCCCCCCCCC(C)[C@@H](OP(=O)(O)OCC[N+](C)(C)C)[C@H](CO)OCCCCC(=O)O. The molecule has 0 saturated carbocycles. The normalized spacial score (nSPS) is 16.1. The van der Waals surface area contributed by atoms with E-state index in [1.165, 1.54) is 64.2 Å². The Balaban J connectivity index is 4.70. The number of carbonyl (C=O) groups is 1. The van der Waals surface area contributed by atoms with E-state index in [9.17, 15) is 19.4 Å². The van der Waals surface area contributed by atoms with Gasteiger partial charge in [-0.1, -0.05) is 90.9 Å². The third-order valence-electron chi connectivity index (χ3n) is 7.01. The first-order valence-electron chi connectivity index (χ1n) is 15.3. The maximum absolute atomic E-state index is 12.8. The van der Waals surface area contributed by atoms with Gasteiger partial charge in [-0.2, -0.15) is 0 Å². The predicted octanol–water partition coefficient (Wildman–Crippen LogP) is 6.55. The van der Waals surface area contributed by atoms with E-state index in [-0.39, 0.29) is 32.2 Å². The highest BCUT2D eigenvalue weighted by Gasteiger charge is 2.36. The van der Waals surface area contributed by atoms with Crippen LogP contribution in [0.25, 0.3) is 0 Å². The molecule has 0 aromatic carbocycles. The molecule has 4 atom stereocenters. The van der Waals surface area contributed by atoms with Crippen molar-refractivity contribution >= 4 is 13.8 Å². The molecule has 0 saturated heterocycles. The minimum absolute atomic E-state index is 0.0500. The molecule has 0 rings (SSSR count). The smallest absolute Gasteiger partial charge is 0.472 e. The van der Waals surface area contributed by atoms with Gasteiger partial charge in [0.05, 0.1) is 27.7 Å². The lowest BCUT2D eigenvalue weighted by Crippen LogP contribution is -2.40. The fraction of sp³-hybridized carbons (Fsp3) is 0.966. The van der Waals surface area contributed by atoms with Gasteiger partial charge < -0.3 is 24.3 Å². The van der Waals surface area contributed by atoms with Crippen LogP contribution < -0.4 is 0 Å². The van der Waals surface area contributed by atoms with Crippen molar-refractivity contribution in [3.8, 4) is 0 Å². The summed E-state index contributed by atoms with van der Waals surface area (Å²) in [6, 6.07) is 0. The van der Waals surface area contributed by atoms with Crippen molar-refractivity contribution in [3.63, 3.8) is 0 Å². The minimum atomic E-state index is -4.36. The number of carboxylic acid groups (broad SMARTS) is 1. The summed E-state index contributed by atoms with van der Waals surface area (Å²) in [6.07, 6.45) is 15.2. The van der Waals surface area contributed by atoms with E-state index in [0.29, 0.717) is 23.9 Å². The van der Waals surface area contributed by atoms with Gasteiger partial charge in [-0.05, 0) is 25.2 Å². The van der Waals surface area contributed by atoms with E-state index in [1.807, 2.05) is 28.1 Å². The van der Waals surface area contributed by atoms with Gasteiger partial charge in [0.15, 0.2) is 0 Å². The van der Waals surface area contributed by atoms with Crippen LogP contribution in [0.3, 0.4) is 0 Å². The molecule has 0 aromatic rings. The molecule has 9 nitrogen and oxygen atoms in total. The largest absolute Gasteiger partial charge is 0.481 e. The number of nitrogens with zero attached hydrogens (tertiary/aromatic N) is 1. The number of phosphoric acid groups is 1. The maximum atomic E-state index is 12.8. The van der Waals surface area contributed by atoms with Crippen molar-refractivity contribution in [3.05, 3.63) is 0 Å². The Bertz CT molecular complexity index is 643. The molecule has 2 unspecified atom stereocenters. The highest BCUT2D eigenvalue weighted by atomic mass is 31.2. The van der Waals surface area contributed by atoms with Crippen LogP contribution in [0.15, 0.2) is 0 Å². The average molecular weight is 583 g/mol. The number of rotatable bonds is 28. The average Bonchev–Trinajstić information content (AvgIpc) is 2.84. The van der Waals surface area contributed by atoms with E-state index < -0.39 is 26.0 Å². The van der Waals surface area contributed by atoms with E-state index in [4.69, 9.17) is 18.9 Å². The summed E-state index contributed by atoms with van der Waals surface area (Å²) in [6.45, 7) is 4.67. The van der Waals surface area contributed by atoms with Crippen LogP contribution in [0.2, 0.25) is 0 Å². The fourth-order valence-electron chi connectivity index (χ4n) is 4.49. The van der Waals surface area contributed by atoms with Crippen molar-refractivity contribution < 1.29 is 42.7 Å². The summed E-state index contributed by atoms with van der Waals surface area (Å²) < 4.78 is 30.0. The van der Waals surface area contributed by atoms with Gasteiger partial charge >= 0.3 is 13.8 Å². The molecule has 0 bridgehead atoms. The third-order valence-corrected chi connectivity index (χ3v) is 8.03. The molecule has 0 amide bonds. The topological polar surface area (TPSA) is 123 Å². The number of carboxylic acids is 1. The number of aliphatic hydroxyl groups is 1. The predicted molar refractivity (Wildman–Crippen MR) is 157 cm³/mol. The monoisotopic (exact) mass is 582 g/mol. The number of aliphatic carboxylic acids is 1. The Morgan fingerprint density at radius 2 is 1.38 bits per heavy atom. The van der Waals surface area contributed by atoms with E-state index in [2.05, 4.69) is 6.92 Å². The molecule has 0 spiro atoms. The van der Waals surface area contributed by atoms with Gasteiger partial charge in [0.2, 0.25) is 0 Å². The molecule has 10 heteroatoms. The Morgan fingerprint density at radius 3 is 1.87 bits per heavy atom. The highest BCUT2D eigenvalue weighted by Crippen LogP contribution is 2.47. The summed E-state index contributed by atoms with van der Waals surface area (Å²) in [5.74, 6) is -0.995. The summed E-state index contributed by atoms with van der Waals surface area (Å²) in [7, 11) is 1.53. The third kappa shape index (κ3) is 23.8. The van der Waals surface area contributed by atoms with Crippen molar-refractivity contribution in [2.75, 3.05) is 47.5 Å². The van der Waals surface area contributed by atoms with E-state index in [0.717, 1.165) is 19.3 Å². The first kappa shape index (κ1) is 38.5. The number of hydrogen-bond acceptors (Lipinski definition) is 6.